The van der Waals surface area contributed by atoms with Crippen molar-refractivity contribution in [1.29, 1.82) is 0 Å². The third-order valence-electron chi connectivity index (χ3n) is 2.51. The summed E-state index contributed by atoms with van der Waals surface area (Å²) < 4.78 is 13.0. The van der Waals surface area contributed by atoms with E-state index in [1.807, 2.05) is 0 Å². The molecule has 0 saturated carbocycles. The van der Waals surface area contributed by atoms with Gasteiger partial charge < -0.3 is 5.32 Å². The van der Waals surface area contributed by atoms with Gasteiger partial charge in [-0.05, 0) is 52.3 Å². The molecule has 7 heteroatoms. The van der Waals surface area contributed by atoms with Crippen LogP contribution in [0.5, 0.6) is 0 Å². The molecule has 0 fully saturated rings. The molecule has 0 radical (unpaired) electrons. The first kappa shape index (κ1) is 14.1. The zero-order chi connectivity index (χ0) is 14.7. The topological polar surface area (TPSA) is 72.2 Å². The van der Waals surface area contributed by atoms with Gasteiger partial charge in [-0.1, -0.05) is 0 Å². The molecule has 0 aromatic heterocycles. The third kappa shape index (κ3) is 3.18. The Morgan fingerprint density at radius 2 is 1.85 bits per heavy atom. The Morgan fingerprint density at radius 3 is 2.45 bits per heavy atom. The summed E-state index contributed by atoms with van der Waals surface area (Å²) in [7, 11) is 0. The van der Waals surface area contributed by atoms with E-state index in [4.69, 9.17) is 0 Å². The monoisotopic (exact) mass is 338 g/mol. The van der Waals surface area contributed by atoms with E-state index in [1.165, 1.54) is 42.5 Å². The summed E-state index contributed by atoms with van der Waals surface area (Å²) in [6.07, 6.45) is 0. The van der Waals surface area contributed by atoms with Crippen molar-refractivity contribution >= 4 is 33.2 Å². The van der Waals surface area contributed by atoms with Gasteiger partial charge in [0.15, 0.2) is 0 Å². The molecular formula is C13H8BrFN2O3. The highest BCUT2D eigenvalue weighted by atomic mass is 79.9. The van der Waals surface area contributed by atoms with E-state index < -0.39 is 16.6 Å². The number of carbonyl (C=O) groups is 1. The van der Waals surface area contributed by atoms with Crippen LogP contribution in [-0.4, -0.2) is 10.8 Å². The van der Waals surface area contributed by atoms with Crippen molar-refractivity contribution in [3.8, 4) is 0 Å². The van der Waals surface area contributed by atoms with Gasteiger partial charge in [0.2, 0.25) is 0 Å². The molecule has 2 aromatic carbocycles. The van der Waals surface area contributed by atoms with Crippen molar-refractivity contribution < 1.29 is 14.1 Å². The molecule has 1 amide bonds. The van der Waals surface area contributed by atoms with Crippen LogP contribution in [-0.2, 0) is 0 Å². The maximum atomic E-state index is 12.7. The molecular weight excluding hydrogens is 331 g/mol. The van der Waals surface area contributed by atoms with Crippen LogP contribution in [0, 0.1) is 15.9 Å². The molecule has 20 heavy (non-hydrogen) atoms. The summed E-state index contributed by atoms with van der Waals surface area (Å²) in [6.45, 7) is 0. The quantitative estimate of drug-likeness (QED) is 0.684. The number of nitrogens with one attached hydrogen (secondary N) is 1. The minimum absolute atomic E-state index is 0.143. The zero-order valence-electron chi connectivity index (χ0n) is 9.97. The number of hydrogen-bond acceptors (Lipinski definition) is 3. The van der Waals surface area contributed by atoms with Crippen LogP contribution in [0.4, 0.5) is 15.8 Å². The van der Waals surface area contributed by atoms with Crippen LogP contribution in [0.2, 0.25) is 0 Å². The van der Waals surface area contributed by atoms with Crippen molar-refractivity contribution in [2.45, 2.75) is 0 Å². The number of hydrogen-bond donors (Lipinski definition) is 1. The Hall–Kier alpha value is -2.28. The average molecular weight is 339 g/mol. The molecule has 0 atom stereocenters. The maximum Gasteiger partial charge on any atom is 0.284 e. The molecule has 0 aliphatic carbocycles. The second-order valence-corrected chi connectivity index (χ2v) is 4.74. The Kier molecular flexibility index (Phi) is 4.09. The van der Waals surface area contributed by atoms with Gasteiger partial charge in [-0.25, -0.2) is 4.39 Å². The van der Waals surface area contributed by atoms with E-state index in [9.17, 15) is 19.3 Å². The number of benzene rings is 2. The van der Waals surface area contributed by atoms with Crippen LogP contribution >= 0.6 is 15.9 Å². The lowest BCUT2D eigenvalue weighted by molar-refractivity contribution is -0.385. The Balaban J connectivity index is 2.23. The fourth-order valence-corrected chi connectivity index (χ4v) is 1.92. The van der Waals surface area contributed by atoms with E-state index in [2.05, 4.69) is 21.2 Å². The Morgan fingerprint density at radius 1 is 1.20 bits per heavy atom. The number of anilines is 1. The van der Waals surface area contributed by atoms with Crippen LogP contribution in [0.1, 0.15) is 10.4 Å². The summed E-state index contributed by atoms with van der Waals surface area (Å²) in [4.78, 5) is 22.2. The minimum atomic E-state index is -0.585. The molecule has 0 heterocycles. The highest BCUT2D eigenvalue weighted by molar-refractivity contribution is 9.10. The maximum absolute atomic E-state index is 12.7. The second kappa shape index (κ2) is 5.79. The predicted octanol–water partition coefficient (Wildman–Crippen LogP) is 3.75. The predicted molar refractivity (Wildman–Crippen MR) is 75.1 cm³/mol. The molecule has 0 spiro atoms. The summed E-state index contributed by atoms with van der Waals surface area (Å²) in [5, 5.41) is 13.3. The van der Waals surface area contributed by atoms with E-state index in [-0.39, 0.29) is 11.3 Å². The van der Waals surface area contributed by atoms with Gasteiger partial charge in [0, 0.05) is 17.3 Å². The summed E-state index contributed by atoms with van der Waals surface area (Å²) in [5.41, 5.74) is 0.350. The Bertz CT molecular complexity index is 674. The highest BCUT2D eigenvalue weighted by Gasteiger charge is 2.16. The zero-order valence-corrected chi connectivity index (χ0v) is 11.6. The molecule has 5 nitrogen and oxygen atoms in total. The molecule has 2 rings (SSSR count). The SMILES string of the molecule is O=C(Nc1ccc(F)cc1)c1ccc(Br)c([N+](=O)[O-])c1. The lowest BCUT2D eigenvalue weighted by Gasteiger charge is -2.05. The number of amides is 1. The third-order valence-corrected chi connectivity index (χ3v) is 3.18. The smallest absolute Gasteiger partial charge is 0.284 e. The highest BCUT2D eigenvalue weighted by Crippen LogP contribution is 2.26. The molecule has 0 aliphatic rings. The minimum Gasteiger partial charge on any atom is -0.322 e. The number of nitro benzene ring substituents is 1. The standard InChI is InChI=1S/C13H8BrFN2O3/c14-11-6-1-8(7-12(11)17(19)20)13(18)16-10-4-2-9(15)3-5-10/h1-7H,(H,16,18). The molecule has 1 N–H and O–H groups in total. The molecule has 2 aromatic rings. The Labute approximate surface area is 121 Å². The van der Waals surface area contributed by atoms with Gasteiger partial charge in [-0.15, -0.1) is 0 Å². The van der Waals surface area contributed by atoms with E-state index >= 15 is 0 Å². The van der Waals surface area contributed by atoms with E-state index in [0.717, 1.165) is 0 Å². The van der Waals surface area contributed by atoms with E-state index in [1.54, 1.807) is 0 Å². The van der Waals surface area contributed by atoms with Crippen molar-refractivity contribution in [3.63, 3.8) is 0 Å². The molecule has 102 valence electrons. The largest absolute Gasteiger partial charge is 0.322 e. The first-order chi connectivity index (χ1) is 9.47. The van der Waals surface area contributed by atoms with Gasteiger partial charge in [-0.3, -0.25) is 14.9 Å². The molecule has 0 unspecified atom stereocenters. The van der Waals surface area contributed by atoms with Gasteiger partial charge in [0.25, 0.3) is 11.6 Å². The van der Waals surface area contributed by atoms with Crippen molar-refractivity contribution in [2.75, 3.05) is 5.32 Å². The van der Waals surface area contributed by atoms with Gasteiger partial charge in [-0.2, -0.15) is 0 Å². The fourth-order valence-electron chi connectivity index (χ4n) is 1.53. The van der Waals surface area contributed by atoms with Crippen molar-refractivity contribution in [2.24, 2.45) is 0 Å². The number of nitrogens with zero attached hydrogens (tertiary/aromatic N) is 1. The van der Waals surface area contributed by atoms with Gasteiger partial charge in [0.05, 0.1) is 9.40 Å². The molecule has 0 saturated heterocycles. The van der Waals surface area contributed by atoms with Gasteiger partial charge >= 0.3 is 0 Å². The lowest BCUT2D eigenvalue weighted by atomic mass is 10.2. The van der Waals surface area contributed by atoms with Crippen molar-refractivity contribution in [3.05, 3.63) is 68.4 Å². The first-order valence-electron chi connectivity index (χ1n) is 5.48. The molecule has 0 aliphatic heterocycles. The normalized spacial score (nSPS) is 10.1. The van der Waals surface area contributed by atoms with Gasteiger partial charge in [0.1, 0.15) is 5.82 Å². The summed E-state index contributed by atoms with van der Waals surface area (Å²) in [5.74, 6) is -0.922. The van der Waals surface area contributed by atoms with Crippen LogP contribution in [0.3, 0.4) is 0 Å². The number of rotatable bonds is 3. The van der Waals surface area contributed by atoms with Crippen LogP contribution in [0.25, 0.3) is 0 Å². The number of halogens is 2. The summed E-state index contributed by atoms with van der Waals surface area (Å²) >= 11 is 3.04. The average Bonchev–Trinajstić information content (AvgIpc) is 2.41. The summed E-state index contributed by atoms with van der Waals surface area (Å²) in [6, 6.07) is 9.27. The van der Waals surface area contributed by atoms with Crippen LogP contribution in [0.15, 0.2) is 46.9 Å². The number of nitro groups is 1. The fraction of sp³-hybridized carbons (Fsp3) is 0. The van der Waals surface area contributed by atoms with Crippen molar-refractivity contribution in [1.82, 2.24) is 0 Å². The number of carbonyl (C=O) groups excluding carboxylic acids is 1. The first-order valence-corrected chi connectivity index (χ1v) is 6.27. The lowest BCUT2D eigenvalue weighted by Crippen LogP contribution is -2.12. The van der Waals surface area contributed by atoms with Crippen LogP contribution < -0.4 is 5.32 Å². The molecule has 0 bridgehead atoms. The second-order valence-electron chi connectivity index (χ2n) is 3.88. The van der Waals surface area contributed by atoms with E-state index in [0.29, 0.717) is 10.2 Å².